The molecule has 2 rings (SSSR count). The Labute approximate surface area is 135 Å². The average molecular weight is 326 g/mol. The van der Waals surface area contributed by atoms with Crippen molar-refractivity contribution in [1.29, 1.82) is 0 Å². The fraction of sp³-hybridized carbons (Fsp3) is 0.562. The summed E-state index contributed by atoms with van der Waals surface area (Å²) >= 11 is 0. The van der Waals surface area contributed by atoms with Gasteiger partial charge in [0.05, 0.1) is 0 Å². The standard InChI is InChI=1S/C16H24F2N4O/c1-12(11-22-5-3-21(2)4-6-22)20-16(23)19-10-13-7-14(17)9-15(18)8-13/h7-9,12H,3-6,10-11H2,1-2H3,(H2,19,20,23). The number of nitrogens with one attached hydrogen (secondary N) is 2. The van der Waals surface area contributed by atoms with Gasteiger partial charge in [0.25, 0.3) is 0 Å². The molecular formula is C16H24F2N4O. The highest BCUT2D eigenvalue weighted by molar-refractivity contribution is 5.74. The van der Waals surface area contributed by atoms with Crippen LogP contribution in [0.25, 0.3) is 0 Å². The quantitative estimate of drug-likeness (QED) is 0.860. The maximum absolute atomic E-state index is 13.1. The van der Waals surface area contributed by atoms with Crippen LogP contribution in [0, 0.1) is 11.6 Å². The smallest absolute Gasteiger partial charge is 0.315 e. The Morgan fingerprint density at radius 1 is 1.17 bits per heavy atom. The summed E-state index contributed by atoms with van der Waals surface area (Å²) in [7, 11) is 2.10. The summed E-state index contributed by atoms with van der Waals surface area (Å²) in [5, 5.41) is 5.46. The number of benzene rings is 1. The lowest BCUT2D eigenvalue weighted by molar-refractivity contribution is 0.144. The molecule has 1 unspecified atom stereocenters. The highest BCUT2D eigenvalue weighted by Crippen LogP contribution is 2.07. The van der Waals surface area contributed by atoms with Gasteiger partial charge in [0, 0.05) is 51.4 Å². The minimum Gasteiger partial charge on any atom is -0.334 e. The van der Waals surface area contributed by atoms with Crippen LogP contribution in [0.1, 0.15) is 12.5 Å². The molecule has 0 bridgehead atoms. The number of nitrogens with zero attached hydrogens (tertiary/aromatic N) is 2. The SMILES string of the molecule is CC(CN1CCN(C)CC1)NC(=O)NCc1cc(F)cc(F)c1. The van der Waals surface area contributed by atoms with Crippen molar-refractivity contribution < 1.29 is 13.6 Å². The number of halogens is 2. The molecule has 5 nitrogen and oxygen atoms in total. The van der Waals surface area contributed by atoms with Crippen LogP contribution in [-0.4, -0.2) is 61.6 Å². The third-order valence-corrected chi connectivity index (χ3v) is 3.88. The molecule has 7 heteroatoms. The molecule has 0 spiro atoms. The van der Waals surface area contributed by atoms with Crippen LogP contribution in [0.2, 0.25) is 0 Å². The third-order valence-electron chi connectivity index (χ3n) is 3.88. The lowest BCUT2D eigenvalue weighted by atomic mass is 10.2. The first-order valence-electron chi connectivity index (χ1n) is 7.82. The van der Waals surface area contributed by atoms with Gasteiger partial charge in [0.15, 0.2) is 0 Å². The highest BCUT2D eigenvalue weighted by atomic mass is 19.1. The Morgan fingerprint density at radius 2 is 1.78 bits per heavy atom. The number of piperazine rings is 1. The maximum atomic E-state index is 13.1. The van der Waals surface area contributed by atoms with Gasteiger partial charge in [-0.25, -0.2) is 13.6 Å². The van der Waals surface area contributed by atoms with E-state index in [1.807, 2.05) is 6.92 Å². The molecule has 1 aliphatic rings. The monoisotopic (exact) mass is 326 g/mol. The van der Waals surface area contributed by atoms with Crippen LogP contribution >= 0.6 is 0 Å². The van der Waals surface area contributed by atoms with Crippen molar-refractivity contribution in [2.45, 2.75) is 19.5 Å². The van der Waals surface area contributed by atoms with Crippen LogP contribution < -0.4 is 10.6 Å². The molecule has 0 aromatic heterocycles. The molecule has 0 saturated carbocycles. The summed E-state index contributed by atoms with van der Waals surface area (Å²) in [5.41, 5.74) is 0.393. The number of rotatable bonds is 5. The van der Waals surface area contributed by atoms with Crippen LogP contribution in [0.5, 0.6) is 0 Å². The summed E-state index contributed by atoms with van der Waals surface area (Å²) in [6.07, 6.45) is 0. The molecule has 1 aromatic carbocycles. The van der Waals surface area contributed by atoms with E-state index in [-0.39, 0.29) is 18.6 Å². The van der Waals surface area contributed by atoms with E-state index >= 15 is 0 Å². The summed E-state index contributed by atoms with van der Waals surface area (Å²) in [6, 6.07) is 2.88. The molecule has 1 aromatic rings. The molecular weight excluding hydrogens is 302 g/mol. The van der Waals surface area contributed by atoms with Gasteiger partial charge in [0.1, 0.15) is 11.6 Å². The number of likely N-dealkylation sites (N-methyl/N-ethyl adjacent to an activating group) is 1. The molecule has 0 aliphatic carbocycles. The van der Waals surface area contributed by atoms with E-state index in [1.54, 1.807) is 0 Å². The van der Waals surface area contributed by atoms with E-state index in [0.717, 1.165) is 38.8 Å². The predicted octanol–water partition coefficient (Wildman–Crippen LogP) is 1.40. The first kappa shape index (κ1) is 17.6. The fourth-order valence-electron chi connectivity index (χ4n) is 2.63. The topological polar surface area (TPSA) is 47.6 Å². The van der Waals surface area contributed by atoms with Crippen LogP contribution in [0.4, 0.5) is 13.6 Å². The normalized spacial score (nSPS) is 17.7. The van der Waals surface area contributed by atoms with Gasteiger partial charge in [0.2, 0.25) is 0 Å². The Balaban J connectivity index is 1.71. The van der Waals surface area contributed by atoms with Crippen LogP contribution in [0.15, 0.2) is 18.2 Å². The van der Waals surface area contributed by atoms with Gasteiger partial charge in [-0.05, 0) is 31.7 Å². The largest absolute Gasteiger partial charge is 0.334 e. The van der Waals surface area contributed by atoms with Crippen molar-refractivity contribution in [3.8, 4) is 0 Å². The van der Waals surface area contributed by atoms with E-state index in [0.29, 0.717) is 5.56 Å². The summed E-state index contributed by atoms with van der Waals surface area (Å²) in [4.78, 5) is 16.4. The number of amides is 2. The van der Waals surface area contributed by atoms with Crippen molar-refractivity contribution >= 4 is 6.03 Å². The van der Waals surface area contributed by atoms with Crippen molar-refractivity contribution in [3.63, 3.8) is 0 Å². The second-order valence-corrected chi connectivity index (χ2v) is 6.11. The van der Waals surface area contributed by atoms with E-state index in [2.05, 4.69) is 27.5 Å². The minimum absolute atomic E-state index is 0.00246. The average Bonchev–Trinajstić information content (AvgIpc) is 2.46. The summed E-state index contributed by atoms with van der Waals surface area (Å²) in [6.45, 7) is 6.87. The molecule has 1 saturated heterocycles. The Bertz CT molecular complexity index is 513. The van der Waals surface area contributed by atoms with Gasteiger partial charge in [-0.1, -0.05) is 0 Å². The first-order valence-corrected chi connectivity index (χ1v) is 7.82. The van der Waals surface area contributed by atoms with Gasteiger partial charge in [-0.3, -0.25) is 4.90 Å². The van der Waals surface area contributed by atoms with Crippen molar-refractivity contribution in [2.75, 3.05) is 39.8 Å². The van der Waals surface area contributed by atoms with Crippen molar-refractivity contribution in [3.05, 3.63) is 35.4 Å². The van der Waals surface area contributed by atoms with Gasteiger partial charge in [-0.2, -0.15) is 0 Å². The molecule has 2 amide bonds. The molecule has 0 radical (unpaired) electrons. The molecule has 1 heterocycles. The molecule has 1 atom stereocenters. The summed E-state index contributed by atoms with van der Waals surface area (Å²) in [5.74, 6) is -1.30. The second kappa shape index (κ2) is 8.21. The van der Waals surface area contributed by atoms with Crippen molar-refractivity contribution in [1.82, 2.24) is 20.4 Å². The van der Waals surface area contributed by atoms with E-state index in [1.165, 1.54) is 12.1 Å². The maximum Gasteiger partial charge on any atom is 0.315 e. The highest BCUT2D eigenvalue weighted by Gasteiger charge is 2.17. The van der Waals surface area contributed by atoms with Crippen molar-refractivity contribution in [2.24, 2.45) is 0 Å². The number of hydrogen-bond donors (Lipinski definition) is 2. The fourth-order valence-corrected chi connectivity index (χ4v) is 2.63. The zero-order chi connectivity index (χ0) is 16.8. The Kier molecular flexibility index (Phi) is 6.29. The Morgan fingerprint density at radius 3 is 2.39 bits per heavy atom. The lowest BCUT2D eigenvalue weighted by Gasteiger charge is -2.34. The number of hydrogen-bond acceptors (Lipinski definition) is 3. The third kappa shape index (κ3) is 6.11. The molecule has 1 fully saturated rings. The molecule has 128 valence electrons. The van der Waals surface area contributed by atoms with Gasteiger partial charge >= 0.3 is 6.03 Å². The first-order chi connectivity index (χ1) is 10.9. The number of carbonyl (C=O) groups excluding carboxylic acids is 1. The summed E-state index contributed by atoms with van der Waals surface area (Å²) < 4.78 is 26.1. The minimum atomic E-state index is -0.648. The lowest BCUT2D eigenvalue weighted by Crippen LogP contribution is -2.51. The Hall–Kier alpha value is -1.73. The van der Waals surface area contributed by atoms with Crippen LogP contribution in [0.3, 0.4) is 0 Å². The number of urea groups is 1. The van der Waals surface area contributed by atoms with E-state index < -0.39 is 11.6 Å². The molecule has 1 aliphatic heterocycles. The number of carbonyl (C=O) groups is 1. The zero-order valence-corrected chi connectivity index (χ0v) is 13.6. The zero-order valence-electron chi connectivity index (χ0n) is 13.6. The van der Waals surface area contributed by atoms with E-state index in [9.17, 15) is 13.6 Å². The van der Waals surface area contributed by atoms with Gasteiger partial charge < -0.3 is 15.5 Å². The van der Waals surface area contributed by atoms with Gasteiger partial charge in [-0.15, -0.1) is 0 Å². The molecule has 23 heavy (non-hydrogen) atoms. The molecule has 2 N–H and O–H groups in total. The second-order valence-electron chi connectivity index (χ2n) is 6.11. The van der Waals surface area contributed by atoms with Crippen LogP contribution in [-0.2, 0) is 6.54 Å². The van der Waals surface area contributed by atoms with E-state index in [4.69, 9.17) is 0 Å². The predicted molar refractivity (Wildman–Crippen MR) is 85.1 cm³/mol.